The van der Waals surface area contributed by atoms with Crippen LogP contribution in [0, 0.1) is 11.8 Å². The lowest BCUT2D eigenvalue weighted by atomic mass is 10.0. The second-order valence-electron chi connectivity index (χ2n) is 6.47. The highest BCUT2D eigenvalue weighted by Gasteiger charge is 2.36. The van der Waals surface area contributed by atoms with Gasteiger partial charge in [0.2, 0.25) is 5.91 Å². The molecule has 1 saturated heterocycles. The summed E-state index contributed by atoms with van der Waals surface area (Å²) in [5, 5.41) is 1.21. The maximum Gasteiger partial charge on any atom is 0.331 e. The topological polar surface area (TPSA) is 81.9 Å². The predicted octanol–water partition coefficient (Wildman–Crippen LogP) is 2.29. The van der Waals surface area contributed by atoms with E-state index in [1.54, 1.807) is 0 Å². The second kappa shape index (κ2) is 10.8. The normalized spacial score (nSPS) is 19.9. The van der Waals surface area contributed by atoms with Crippen LogP contribution in [-0.4, -0.2) is 42.2 Å². The molecule has 0 radical (unpaired) electrons. The number of amides is 1. The van der Waals surface area contributed by atoms with Gasteiger partial charge in [0.1, 0.15) is 0 Å². The van der Waals surface area contributed by atoms with Crippen LogP contribution in [0.15, 0.2) is 0 Å². The third-order valence-corrected chi connectivity index (χ3v) is 4.15. The van der Waals surface area contributed by atoms with E-state index in [2.05, 4.69) is 20.8 Å². The molecule has 1 rings (SSSR count). The Kier molecular flexibility index (Phi) is 10.4. The van der Waals surface area contributed by atoms with Crippen LogP contribution in [0.5, 0.6) is 0 Å². The zero-order valence-corrected chi connectivity index (χ0v) is 15.4. The van der Waals surface area contributed by atoms with Gasteiger partial charge in [-0.1, -0.05) is 34.1 Å². The molecule has 2 N–H and O–H groups in total. The fourth-order valence-corrected chi connectivity index (χ4v) is 2.19. The Morgan fingerprint density at radius 1 is 1.43 bits per heavy atom. The molecule has 1 amide bonds. The minimum atomic E-state index is -0.635. The number of nitrogens with two attached hydrogens (primary N) is 1. The molecule has 0 spiro atoms. The van der Waals surface area contributed by atoms with E-state index in [4.69, 9.17) is 15.3 Å². The van der Waals surface area contributed by atoms with Gasteiger partial charge in [-0.05, 0) is 18.3 Å². The number of ether oxygens (including phenoxy) is 1. The van der Waals surface area contributed by atoms with E-state index in [1.165, 1.54) is 5.06 Å². The smallest absolute Gasteiger partial charge is 0.331 e. The average molecular weight is 351 g/mol. The first kappa shape index (κ1) is 22.1. The van der Waals surface area contributed by atoms with Gasteiger partial charge in [0, 0.05) is 18.9 Å². The average Bonchev–Trinajstić information content (AvgIpc) is 2.90. The molecule has 1 heterocycles. The van der Waals surface area contributed by atoms with Crippen LogP contribution in [0.2, 0.25) is 0 Å². The quantitative estimate of drug-likeness (QED) is 0.509. The van der Waals surface area contributed by atoms with Crippen molar-refractivity contribution in [2.75, 3.05) is 13.2 Å². The molecular formula is C16H31ClN2O4. The molecule has 1 aliphatic rings. The van der Waals surface area contributed by atoms with E-state index >= 15 is 0 Å². The number of hydroxylamine groups is 2. The van der Waals surface area contributed by atoms with Gasteiger partial charge in [-0.3, -0.25) is 9.63 Å². The molecule has 1 fully saturated rings. The predicted molar refractivity (Wildman–Crippen MR) is 90.9 cm³/mol. The molecule has 7 heteroatoms. The summed E-state index contributed by atoms with van der Waals surface area (Å²) in [6.07, 6.45) is 2.54. The highest BCUT2D eigenvalue weighted by atomic mass is 35.5. The van der Waals surface area contributed by atoms with E-state index < -0.39 is 12.0 Å². The summed E-state index contributed by atoms with van der Waals surface area (Å²) in [5.41, 5.74) is 6.05. The Balaban J connectivity index is 0.00000484. The standard InChI is InChI=1S/C16H30N2O4.ClH/c1-5-12(4)13(17)10-22-18(14-8-9-21-16(14)20)15(19)7-6-11(2)3;/h11-14H,5-10,17H2,1-4H3;1H/t12-,13?,14-;/m0./s1. The van der Waals surface area contributed by atoms with Gasteiger partial charge in [-0.2, -0.15) is 0 Å². The van der Waals surface area contributed by atoms with E-state index in [0.717, 1.165) is 12.8 Å². The summed E-state index contributed by atoms with van der Waals surface area (Å²) in [6.45, 7) is 8.78. The Morgan fingerprint density at radius 3 is 2.57 bits per heavy atom. The van der Waals surface area contributed by atoms with Crippen LogP contribution in [-0.2, 0) is 19.2 Å². The zero-order chi connectivity index (χ0) is 16.7. The summed E-state index contributed by atoms with van der Waals surface area (Å²) in [7, 11) is 0. The van der Waals surface area contributed by atoms with Crippen LogP contribution >= 0.6 is 12.4 Å². The van der Waals surface area contributed by atoms with Gasteiger partial charge in [0.15, 0.2) is 6.04 Å². The monoisotopic (exact) mass is 350 g/mol. The Hall–Kier alpha value is -0.850. The van der Waals surface area contributed by atoms with Crippen molar-refractivity contribution >= 4 is 24.3 Å². The lowest BCUT2D eigenvalue weighted by Gasteiger charge is -2.28. The maximum absolute atomic E-state index is 12.4. The molecule has 1 unspecified atom stereocenters. The van der Waals surface area contributed by atoms with Gasteiger partial charge in [0.25, 0.3) is 0 Å². The Bertz CT molecular complexity index is 379. The fraction of sp³-hybridized carbons (Fsp3) is 0.875. The number of esters is 1. The van der Waals surface area contributed by atoms with Gasteiger partial charge in [-0.25, -0.2) is 9.86 Å². The van der Waals surface area contributed by atoms with Crippen LogP contribution in [0.4, 0.5) is 0 Å². The highest BCUT2D eigenvalue weighted by Crippen LogP contribution is 2.18. The highest BCUT2D eigenvalue weighted by molar-refractivity contribution is 5.85. The van der Waals surface area contributed by atoms with Crippen molar-refractivity contribution in [2.24, 2.45) is 17.6 Å². The maximum atomic E-state index is 12.4. The minimum absolute atomic E-state index is 0. The van der Waals surface area contributed by atoms with Gasteiger partial charge in [0.05, 0.1) is 13.2 Å². The van der Waals surface area contributed by atoms with E-state index in [9.17, 15) is 9.59 Å². The molecule has 0 aromatic rings. The van der Waals surface area contributed by atoms with Gasteiger partial charge in [-0.15, -0.1) is 12.4 Å². The summed E-state index contributed by atoms with van der Waals surface area (Å²) >= 11 is 0. The molecule has 136 valence electrons. The van der Waals surface area contributed by atoms with Crippen molar-refractivity contribution in [2.45, 2.75) is 65.5 Å². The van der Waals surface area contributed by atoms with Crippen molar-refractivity contribution in [3.8, 4) is 0 Å². The van der Waals surface area contributed by atoms with Crippen molar-refractivity contribution < 1.29 is 19.2 Å². The molecule has 0 saturated carbocycles. The van der Waals surface area contributed by atoms with Gasteiger partial charge < -0.3 is 10.5 Å². The van der Waals surface area contributed by atoms with Crippen molar-refractivity contribution in [3.63, 3.8) is 0 Å². The van der Waals surface area contributed by atoms with Crippen molar-refractivity contribution in [3.05, 3.63) is 0 Å². The number of halogens is 1. The number of hydrogen-bond donors (Lipinski definition) is 1. The van der Waals surface area contributed by atoms with Crippen LogP contribution in [0.1, 0.15) is 53.4 Å². The zero-order valence-electron chi connectivity index (χ0n) is 14.6. The van der Waals surface area contributed by atoms with E-state index in [0.29, 0.717) is 31.3 Å². The molecule has 0 aliphatic carbocycles. The summed E-state index contributed by atoms with van der Waals surface area (Å²) in [4.78, 5) is 29.8. The van der Waals surface area contributed by atoms with E-state index in [-0.39, 0.29) is 31.0 Å². The number of cyclic esters (lactones) is 1. The molecule has 3 atom stereocenters. The van der Waals surface area contributed by atoms with Crippen LogP contribution < -0.4 is 5.73 Å². The Morgan fingerprint density at radius 2 is 2.09 bits per heavy atom. The third kappa shape index (κ3) is 7.06. The third-order valence-electron chi connectivity index (χ3n) is 4.15. The summed E-state index contributed by atoms with van der Waals surface area (Å²) in [6, 6.07) is -0.799. The lowest BCUT2D eigenvalue weighted by Crippen LogP contribution is -2.46. The molecule has 23 heavy (non-hydrogen) atoms. The SMILES string of the molecule is CC[C@H](C)C(N)CON(C(=O)CCC(C)C)[C@H]1CCOC1=O.Cl. The number of rotatable bonds is 9. The molecule has 0 aromatic heterocycles. The molecular weight excluding hydrogens is 320 g/mol. The second-order valence-corrected chi connectivity index (χ2v) is 6.47. The number of nitrogens with zero attached hydrogens (tertiary/aromatic N) is 1. The molecule has 0 aromatic carbocycles. The Labute approximate surface area is 145 Å². The number of carbonyl (C=O) groups is 2. The lowest BCUT2D eigenvalue weighted by molar-refractivity contribution is -0.205. The molecule has 0 bridgehead atoms. The first-order valence-electron chi connectivity index (χ1n) is 8.24. The van der Waals surface area contributed by atoms with Crippen LogP contribution in [0.25, 0.3) is 0 Å². The van der Waals surface area contributed by atoms with Gasteiger partial charge >= 0.3 is 5.97 Å². The summed E-state index contributed by atoms with van der Waals surface area (Å²) in [5.74, 6) is 0.149. The van der Waals surface area contributed by atoms with Crippen molar-refractivity contribution in [1.82, 2.24) is 5.06 Å². The fourth-order valence-electron chi connectivity index (χ4n) is 2.19. The van der Waals surface area contributed by atoms with Crippen molar-refractivity contribution in [1.29, 1.82) is 0 Å². The van der Waals surface area contributed by atoms with E-state index in [1.807, 2.05) is 6.92 Å². The molecule has 1 aliphatic heterocycles. The van der Waals surface area contributed by atoms with Crippen LogP contribution in [0.3, 0.4) is 0 Å². The number of carbonyl (C=O) groups excluding carboxylic acids is 2. The first-order chi connectivity index (χ1) is 10.4. The minimum Gasteiger partial charge on any atom is -0.464 e. The first-order valence-corrected chi connectivity index (χ1v) is 8.24. The largest absolute Gasteiger partial charge is 0.464 e. The number of hydrogen-bond acceptors (Lipinski definition) is 5. The summed E-state index contributed by atoms with van der Waals surface area (Å²) < 4.78 is 4.95. The molecule has 6 nitrogen and oxygen atoms in total.